The molecule has 0 bridgehead atoms. The Hall–Kier alpha value is -1.76. The van der Waals surface area contributed by atoms with E-state index in [1.165, 1.54) is 0 Å². The van der Waals surface area contributed by atoms with Crippen molar-refractivity contribution in [3.63, 3.8) is 0 Å². The number of morpholine rings is 1. The summed E-state index contributed by atoms with van der Waals surface area (Å²) in [6, 6.07) is 0.366. The van der Waals surface area contributed by atoms with Crippen LogP contribution in [-0.4, -0.2) is 90.0 Å². The van der Waals surface area contributed by atoms with Crippen molar-refractivity contribution in [2.45, 2.75) is 50.7 Å². The summed E-state index contributed by atoms with van der Waals surface area (Å²) >= 11 is 1.70. The van der Waals surface area contributed by atoms with Crippen LogP contribution in [0.5, 0.6) is 0 Å². The van der Waals surface area contributed by atoms with Gasteiger partial charge in [-0.25, -0.2) is 9.78 Å². The summed E-state index contributed by atoms with van der Waals surface area (Å²) in [4.78, 5) is 29.2. The van der Waals surface area contributed by atoms with E-state index in [4.69, 9.17) is 19.4 Å². The van der Waals surface area contributed by atoms with E-state index in [-0.39, 0.29) is 24.7 Å². The summed E-state index contributed by atoms with van der Waals surface area (Å²) in [7, 11) is 3.50. The van der Waals surface area contributed by atoms with Crippen molar-refractivity contribution in [1.29, 1.82) is 0 Å². The van der Waals surface area contributed by atoms with Gasteiger partial charge in [0, 0.05) is 38.6 Å². The second kappa shape index (κ2) is 10.5. The number of aromatic nitrogens is 1. The summed E-state index contributed by atoms with van der Waals surface area (Å²) in [5.74, 6) is -2.76. The highest BCUT2D eigenvalue weighted by Crippen LogP contribution is 2.33. The van der Waals surface area contributed by atoms with Gasteiger partial charge in [-0.05, 0) is 19.8 Å². The van der Waals surface area contributed by atoms with Gasteiger partial charge in [-0.3, -0.25) is 9.69 Å². The maximum atomic E-state index is 11.7. The standard InChI is InChI=1S/C16H25N3O3S.C2HF3O2/c1-11-17-12(10-23-11)8-19-6-7-21-16-13(19)4-5-14(16)22-9-15(20)18(2)3;3-2(4,5)1(6)7/h10,13-14,16H,4-9H2,1-3H3;(H,6,7)/t13-,14+,16+;/m0./s1. The number of carboxylic acids is 1. The minimum atomic E-state index is -5.08. The molecule has 12 heteroatoms. The maximum Gasteiger partial charge on any atom is 0.490 e. The molecule has 1 saturated heterocycles. The lowest BCUT2D eigenvalue weighted by molar-refractivity contribution is -0.192. The lowest BCUT2D eigenvalue weighted by Crippen LogP contribution is -2.51. The number of hydrogen-bond acceptors (Lipinski definition) is 7. The van der Waals surface area contributed by atoms with Gasteiger partial charge in [0.1, 0.15) is 6.61 Å². The summed E-state index contributed by atoms with van der Waals surface area (Å²) in [6.07, 6.45) is -3.00. The molecule has 2 aliphatic rings. The van der Waals surface area contributed by atoms with Crippen LogP contribution in [0.4, 0.5) is 13.2 Å². The van der Waals surface area contributed by atoms with Crippen molar-refractivity contribution in [3.8, 4) is 0 Å². The first-order chi connectivity index (χ1) is 14.0. The molecule has 3 atom stereocenters. The van der Waals surface area contributed by atoms with E-state index in [1.807, 2.05) is 6.92 Å². The van der Waals surface area contributed by atoms with Gasteiger partial charge >= 0.3 is 12.1 Å². The number of amides is 1. The predicted molar refractivity (Wildman–Crippen MR) is 102 cm³/mol. The first-order valence-corrected chi connectivity index (χ1v) is 10.3. The first-order valence-electron chi connectivity index (χ1n) is 9.37. The molecule has 3 rings (SSSR count). The van der Waals surface area contributed by atoms with E-state index >= 15 is 0 Å². The van der Waals surface area contributed by atoms with Crippen molar-refractivity contribution in [1.82, 2.24) is 14.8 Å². The molecule has 0 spiro atoms. The smallest absolute Gasteiger partial charge is 0.475 e. The Kier molecular flexibility index (Phi) is 8.59. The molecule has 1 aromatic heterocycles. The Morgan fingerprint density at radius 2 is 2.07 bits per heavy atom. The number of alkyl halides is 3. The van der Waals surface area contributed by atoms with Gasteiger partial charge < -0.3 is 19.5 Å². The first kappa shape index (κ1) is 24.5. The highest BCUT2D eigenvalue weighted by molar-refractivity contribution is 7.09. The number of likely N-dealkylation sites (N-methyl/N-ethyl adjacent to an activating group) is 1. The lowest BCUT2D eigenvalue weighted by Gasteiger charge is -2.38. The average Bonchev–Trinajstić information content (AvgIpc) is 3.26. The van der Waals surface area contributed by atoms with E-state index in [0.717, 1.165) is 36.6 Å². The average molecular weight is 453 g/mol. The maximum absolute atomic E-state index is 11.7. The number of carboxylic acid groups (broad SMARTS) is 1. The highest BCUT2D eigenvalue weighted by atomic mass is 32.1. The van der Waals surface area contributed by atoms with Gasteiger partial charge in [-0.15, -0.1) is 11.3 Å². The zero-order chi connectivity index (χ0) is 22.5. The monoisotopic (exact) mass is 453 g/mol. The second-order valence-electron chi connectivity index (χ2n) is 7.25. The third kappa shape index (κ3) is 6.89. The van der Waals surface area contributed by atoms with E-state index in [2.05, 4.69) is 15.3 Å². The molecule has 1 aliphatic carbocycles. The Morgan fingerprint density at radius 1 is 1.40 bits per heavy atom. The summed E-state index contributed by atoms with van der Waals surface area (Å²) in [5.41, 5.74) is 1.14. The predicted octanol–water partition coefficient (Wildman–Crippen LogP) is 1.92. The molecular weight excluding hydrogens is 427 g/mol. The number of halogens is 3. The van der Waals surface area contributed by atoms with Crippen LogP contribution in [-0.2, 0) is 25.6 Å². The summed E-state index contributed by atoms with van der Waals surface area (Å²) in [5, 5.41) is 10.4. The second-order valence-corrected chi connectivity index (χ2v) is 8.31. The number of hydrogen-bond donors (Lipinski definition) is 1. The SMILES string of the molecule is Cc1nc(CN2CCO[C@H]3[C@H](OCC(=O)N(C)C)CC[C@@H]32)cs1.O=C(O)C(F)(F)F. The van der Waals surface area contributed by atoms with E-state index < -0.39 is 12.1 Å². The number of rotatable bonds is 5. The number of nitrogens with zero attached hydrogens (tertiary/aromatic N) is 3. The Balaban J connectivity index is 0.000000396. The molecule has 170 valence electrons. The Bertz CT molecular complexity index is 728. The van der Waals surface area contributed by atoms with Crippen LogP contribution in [0.3, 0.4) is 0 Å². The molecule has 1 amide bonds. The normalized spacial score (nSPS) is 24.0. The Labute approximate surface area is 176 Å². The highest BCUT2D eigenvalue weighted by Gasteiger charge is 2.43. The number of carbonyl (C=O) groups is 2. The quantitative estimate of drug-likeness (QED) is 0.728. The van der Waals surface area contributed by atoms with E-state index in [9.17, 15) is 18.0 Å². The largest absolute Gasteiger partial charge is 0.490 e. The van der Waals surface area contributed by atoms with E-state index in [1.54, 1.807) is 30.3 Å². The third-order valence-electron chi connectivity index (χ3n) is 4.84. The fourth-order valence-corrected chi connectivity index (χ4v) is 3.97. The molecular formula is C18H26F3N3O5S. The van der Waals surface area contributed by atoms with Crippen molar-refractivity contribution >= 4 is 23.2 Å². The van der Waals surface area contributed by atoms with Crippen molar-refractivity contribution in [2.24, 2.45) is 0 Å². The summed E-state index contributed by atoms with van der Waals surface area (Å²) < 4.78 is 43.5. The van der Waals surface area contributed by atoms with Gasteiger partial charge in [0.15, 0.2) is 0 Å². The van der Waals surface area contributed by atoms with E-state index in [0.29, 0.717) is 12.6 Å². The number of thiazole rings is 1. The molecule has 2 heterocycles. The van der Waals surface area contributed by atoms with Crippen LogP contribution in [0.15, 0.2) is 5.38 Å². The van der Waals surface area contributed by atoms with Gasteiger partial charge in [-0.1, -0.05) is 0 Å². The molecule has 0 aromatic carbocycles. The zero-order valence-corrected chi connectivity index (χ0v) is 17.8. The Morgan fingerprint density at radius 3 is 2.60 bits per heavy atom. The van der Waals surface area contributed by atoms with Gasteiger partial charge in [0.05, 0.1) is 29.5 Å². The van der Waals surface area contributed by atoms with Crippen LogP contribution in [0, 0.1) is 6.92 Å². The molecule has 1 saturated carbocycles. The minimum absolute atomic E-state index is 0.000867. The van der Waals surface area contributed by atoms with Crippen molar-refractivity contribution < 1.29 is 37.3 Å². The molecule has 1 aromatic rings. The molecule has 0 unspecified atom stereocenters. The van der Waals surface area contributed by atoms with Crippen LogP contribution in [0.1, 0.15) is 23.5 Å². The zero-order valence-electron chi connectivity index (χ0n) is 17.0. The van der Waals surface area contributed by atoms with Gasteiger partial charge in [0.25, 0.3) is 0 Å². The molecule has 30 heavy (non-hydrogen) atoms. The molecule has 1 aliphatic heterocycles. The fraction of sp³-hybridized carbons (Fsp3) is 0.722. The van der Waals surface area contributed by atoms with Gasteiger partial charge in [-0.2, -0.15) is 13.2 Å². The van der Waals surface area contributed by atoms with Crippen LogP contribution in [0.2, 0.25) is 0 Å². The van der Waals surface area contributed by atoms with Crippen LogP contribution >= 0.6 is 11.3 Å². The number of ether oxygens (including phenoxy) is 2. The molecule has 1 N–H and O–H groups in total. The third-order valence-corrected chi connectivity index (χ3v) is 5.67. The summed E-state index contributed by atoms with van der Waals surface area (Å²) in [6.45, 7) is 4.69. The molecule has 0 radical (unpaired) electrons. The van der Waals surface area contributed by atoms with Crippen molar-refractivity contribution in [3.05, 3.63) is 16.1 Å². The molecule has 2 fully saturated rings. The van der Waals surface area contributed by atoms with Crippen molar-refractivity contribution in [2.75, 3.05) is 33.9 Å². The minimum Gasteiger partial charge on any atom is -0.475 e. The van der Waals surface area contributed by atoms with Gasteiger partial charge in [0.2, 0.25) is 5.91 Å². The van der Waals surface area contributed by atoms with Crippen LogP contribution < -0.4 is 0 Å². The molecule has 8 nitrogen and oxygen atoms in total. The fourth-order valence-electron chi connectivity index (χ4n) is 3.36. The number of aryl methyl sites for hydroxylation is 1. The topological polar surface area (TPSA) is 92.2 Å². The number of aliphatic carboxylic acids is 1. The number of carbonyl (C=O) groups excluding carboxylic acids is 1. The number of fused-ring (bicyclic) bond motifs is 1. The van der Waals surface area contributed by atoms with Crippen LogP contribution in [0.25, 0.3) is 0 Å². The lowest BCUT2D eigenvalue weighted by atomic mass is 10.1.